The molecule has 1 N–H and O–H groups in total. The number of esters is 1. The van der Waals surface area contributed by atoms with Crippen molar-refractivity contribution in [3.8, 4) is 11.1 Å². The monoisotopic (exact) mass is 280 g/mol. The molecule has 2 aromatic rings. The molecule has 4 rings (SSSR count). The number of carbonyl (C=O) groups is 1. The van der Waals surface area contributed by atoms with Crippen molar-refractivity contribution < 1.29 is 14.6 Å². The van der Waals surface area contributed by atoms with Crippen LogP contribution in [-0.2, 0) is 9.53 Å². The van der Waals surface area contributed by atoms with Crippen LogP contribution in [0, 0.1) is 5.92 Å². The van der Waals surface area contributed by atoms with Crippen LogP contribution in [0.3, 0.4) is 0 Å². The maximum atomic E-state index is 12.2. The first-order valence-electron chi connectivity index (χ1n) is 7.20. The van der Waals surface area contributed by atoms with Gasteiger partial charge >= 0.3 is 5.97 Å². The lowest BCUT2D eigenvalue weighted by atomic mass is 9.73. The molecular formula is C18H16O3. The van der Waals surface area contributed by atoms with Crippen LogP contribution in [0.1, 0.15) is 35.1 Å². The van der Waals surface area contributed by atoms with Crippen LogP contribution >= 0.6 is 0 Å². The number of hydrogen-bond acceptors (Lipinski definition) is 3. The zero-order valence-corrected chi connectivity index (χ0v) is 11.7. The van der Waals surface area contributed by atoms with Gasteiger partial charge in [-0.2, -0.15) is 0 Å². The summed E-state index contributed by atoms with van der Waals surface area (Å²) < 4.78 is 4.97. The highest BCUT2D eigenvalue weighted by atomic mass is 16.5. The van der Waals surface area contributed by atoms with E-state index in [1.165, 1.54) is 18.2 Å². The van der Waals surface area contributed by atoms with Crippen molar-refractivity contribution in [1.82, 2.24) is 0 Å². The summed E-state index contributed by atoms with van der Waals surface area (Å²) in [5, 5.41) is 10.4. The molecule has 0 fully saturated rings. The third kappa shape index (κ3) is 1.61. The van der Waals surface area contributed by atoms with Gasteiger partial charge in [-0.3, -0.25) is 4.79 Å². The molecule has 0 aromatic heterocycles. The summed E-state index contributed by atoms with van der Waals surface area (Å²) in [5.74, 6) is -0.554. The summed E-state index contributed by atoms with van der Waals surface area (Å²) in [6.45, 7) is 0. The van der Waals surface area contributed by atoms with E-state index in [0.717, 1.165) is 16.7 Å². The molecule has 0 unspecified atom stereocenters. The van der Waals surface area contributed by atoms with E-state index in [2.05, 4.69) is 18.2 Å². The lowest BCUT2D eigenvalue weighted by molar-refractivity contribution is -0.147. The molecular weight excluding hydrogens is 264 g/mol. The van der Waals surface area contributed by atoms with Gasteiger partial charge in [-0.25, -0.2) is 0 Å². The first kappa shape index (κ1) is 12.6. The predicted octanol–water partition coefficient (Wildman–Crippen LogP) is 3.03. The summed E-state index contributed by atoms with van der Waals surface area (Å²) in [7, 11) is 1.41. The number of aliphatic hydroxyl groups is 1. The Hall–Kier alpha value is -2.13. The maximum Gasteiger partial charge on any atom is 0.309 e. The van der Waals surface area contributed by atoms with Crippen molar-refractivity contribution in [2.24, 2.45) is 5.92 Å². The fraction of sp³-hybridized carbons (Fsp3) is 0.278. The van der Waals surface area contributed by atoms with E-state index in [4.69, 9.17) is 4.74 Å². The van der Waals surface area contributed by atoms with Gasteiger partial charge in [-0.05, 0) is 34.2 Å². The Morgan fingerprint density at radius 3 is 2.62 bits per heavy atom. The quantitative estimate of drug-likeness (QED) is 0.817. The number of aliphatic hydroxyl groups excluding tert-OH is 1. The van der Waals surface area contributed by atoms with Crippen molar-refractivity contribution in [2.75, 3.05) is 7.11 Å². The molecule has 3 heteroatoms. The van der Waals surface area contributed by atoms with Crippen LogP contribution in [-0.4, -0.2) is 18.2 Å². The Morgan fingerprint density at radius 1 is 1.10 bits per heavy atom. The van der Waals surface area contributed by atoms with Crippen molar-refractivity contribution in [2.45, 2.75) is 18.4 Å². The largest absolute Gasteiger partial charge is 0.469 e. The van der Waals surface area contributed by atoms with Gasteiger partial charge in [0.25, 0.3) is 0 Å². The van der Waals surface area contributed by atoms with Gasteiger partial charge in [0, 0.05) is 5.92 Å². The highest BCUT2D eigenvalue weighted by molar-refractivity contribution is 5.85. The second-order valence-electron chi connectivity index (χ2n) is 5.75. The van der Waals surface area contributed by atoms with E-state index < -0.39 is 6.10 Å². The standard InChI is InChI=1S/C18H16O3/c1-21-18(20)14-9-15(19)13-8-4-7-12-10-5-2-3-6-11(10)17(14)16(12)13/h2-8,14-15,17,19H,9H2,1H3/t14-,15+,17+/m0/s1. The number of benzene rings is 2. The van der Waals surface area contributed by atoms with Crippen molar-refractivity contribution in [3.05, 3.63) is 59.2 Å². The van der Waals surface area contributed by atoms with Crippen LogP contribution in [0.5, 0.6) is 0 Å². The Bertz CT molecular complexity index is 735. The van der Waals surface area contributed by atoms with E-state index in [1.807, 2.05) is 24.3 Å². The fourth-order valence-corrected chi connectivity index (χ4v) is 3.93. The number of methoxy groups -OCH3 is 1. The van der Waals surface area contributed by atoms with Crippen LogP contribution in [0.4, 0.5) is 0 Å². The fourth-order valence-electron chi connectivity index (χ4n) is 3.93. The molecule has 0 bridgehead atoms. The minimum atomic E-state index is -0.602. The van der Waals surface area contributed by atoms with Gasteiger partial charge in [-0.15, -0.1) is 0 Å². The lowest BCUT2D eigenvalue weighted by Gasteiger charge is -2.32. The molecule has 2 aromatic carbocycles. The van der Waals surface area contributed by atoms with Gasteiger partial charge in [0.05, 0.1) is 19.1 Å². The molecule has 3 nitrogen and oxygen atoms in total. The highest BCUT2D eigenvalue weighted by Crippen LogP contribution is 2.55. The zero-order valence-electron chi connectivity index (χ0n) is 11.7. The minimum absolute atomic E-state index is 0.00301. The molecule has 0 saturated carbocycles. The zero-order chi connectivity index (χ0) is 14.6. The molecule has 0 spiro atoms. The minimum Gasteiger partial charge on any atom is -0.469 e. The molecule has 106 valence electrons. The molecule has 0 saturated heterocycles. The average Bonchev–Trinajstić information content (AvgIpc) is 2.86. The first-order chi connectivity index (χ1) is 10.2. The Labute approximate surface area is 123 Å². The third-order valence-electron chi connectivity index (χ3n) is 4.78. The lowest BCUT2D eigenvalue weighted by Crippen LogP contribution is -2.30. The smallest absolute Gasteiger partial charge is 0.309 e. The highest BCUT2D eigenvalue weighted by Gasteiger charge is 2.45. The Morgan fingerprint density at radius 2 is 1.81 bits per heavy atom. The summed E-state index contributed by atoms with van der Waals surface area (Å²) in [6, 6.07) is 14.2. The molecule has 0 radical (unpaired) electrons. The third-order valence-corrected chi connectivity index (χ3v) is 4.78. The first-order valence-corrected chi connectivity index (χ1v) is 7.20. The van der Waals surface area contributed by atoms with E-state index in [9.17, 15) is 9.90 Å². The van der Waals surface area contributed by atoms with E-state index in [0.29, 0.717) is 6.42 Å². The normalized spacial score (nSPS) is 25.1. The number of hydrogen-bond donors (Lipinski definition) is 1. The topological polar surface area (TPSA) is 46.5 Å². The van der Waals surface area contributed by atoms with Crippen LogP contribution in [0.15, 0.2) is 42.5 Å². The molecule has 3 atom stereocenters. The summed E-state index contributed by atoms with van der Waals surface area (Å²) in [6.07, 6.45) is -0.183. The van der Waals surface area contributed by atoms with E-state index in [1.54, 1.807) is 0 Å². The van der Waals surface area contributed by atoms with Crippen LogP contribution in [0.2, 0.25) is 0 Å². The van der Waals surface area contributed by atoms with E-state index >= 15 is 0 Å². The number of rotatable bonds is 1. The van der Waals surface area contributed by atoms with Crippen molar-refractivity contribution in [3.63, 3.8) is 0 Å². The molecule has 21 heavy (non-hydrogen) atoms. The van der Waals surface area contributed by atoms with Crippen molar-refractivity contribution >= 4 is 5.97 Å². The molecule has 0 heterocycles. The Kier molecular flexibility index (Phi) is 2.66. The van der Waals surface area contributed by atoms with Gasteiger partial charge in [-0.1, -0.05) is 42.5 Å². The second-order valence-corrected chi connectivity index (χ2v) is 5.75. The number of fused-ring (bicyclic) bond motifs is 3. The van der Waals surface area contributed by atoms with Crippen molar-refractivity contribution in [1.29, 1.82) is 0 Å². The maximum absolute atomic E-state index is 12.2. The van der Waals surface area contributed by atoms with Crippen LogP contribution in [0.25, 0.3) is 11.1 Å². The van der Waals surface area contributed by atoms with E-state index in [-0.39, 0.29) is 17.8 Å². The average molecular weight is 280 g/mol. The van der Waals surface area contributed by atoms with Crippen LogP contribution < -0.4 is 0 Å². The van der Waals surface area contributed by atoms with Gasteiger partial charge in [0.15, 0.2) is 0 Å². The molecule has 0 aliphatic heterocycles. The number of carbonyl (C=O) groups excluding carboxylic acids is 1. The predicted molar refractivity (Wildman–Crippen MR) is 78.8 cm³/mol. The molecule has 0 amide bonds. The SMILES string of the molecule is COC(=O)[C@H]1C[C@@H](O)c2cccc3c2[C@@H]1c1ccccc1-3. The Balaban J connectivity index is 2.00. The van der Waals surface area contributed by atoms with Gasteiger partial charge in [0.2, 0.25) is 0 Å². The second kappa shape index (κ2) is 4.43. The summed E-state index contributed by atoms with van der Waals surface area (Å²) in [4.78, 5) is 12.2. The summed E-state index contributed by atoms with van der Waals surface area (Å²) in [5.41, 5.74) is 5.53. The molecule has 2 aliphatic carbocycles. The number of ether oxygens (including phenoxy) is 1. The molecule has 2 aliphatic rings. The van der Waals surface area contributed by atoms with Gasteiger partial charge in [0.1, 0.15) is 0 Å². The summed E-state index contributed by atoms with van der Waals surface area (Å²) >= 11 is 0. The van der Waals surface area contributed by atoms with Gasteiger partial charge < -0.3 is 9.84 Å².